The summed E-state index contributed by atoms with van der Waals surface area (Å²) in [6.07, 6.45) is 16.6. The highest BCUT2D eigenvalue weighted by Gasteiger charge is 2.62. The second-order valence-electron chi connectivity index (χ2n) is 12.4. The van der Waals surface area contributed by atoms with Crippen molar-refractivity contribution in [1.82, 2.24) is 4.98 Å². The molecule has 5 aliphatic carbocycles. The third-order valence-electron chi connectivity index (χ3n) is 10.8. The third kappa shape index (κ3) is 3.74. The Bertz CT molecular complexity index is 1100. The number of oxazole rings is 1. The van der Waals surface area contributed by atoms with Gasteiger partial charge in [-0.2, -0.15) is 0 Å². The molecule has 0 spiro atoms. The van der Waals surface area contributed by atoms with Gasteiger partial charge in [0.1, 0.15) is 5.76 Å². The van der Waals surface area contributed by atoms with Gasteiger partial charge in [0.2, 0.25) is 5.89 Å². The van der Waals surface area contributed by atoms with Crippen LogP contribution in [0.3, 0.4) is 0 Å². The van der Waals surface area contributed by atoms with E-state index in [2.05, 4.69) is 31.8 Å². The van der Waals surface area contributed by atoms with Crippen LogP contribution in [0.4, 0.5) is 0 Å². The summed E-state index contributed by atoms with van der Waals surface area (Å²) in [5.41, 5.74) is 2.73. The average molecular weight is 494 g/mol. The minimum Gasteiger partial charge on any atom is -0.440 e. The molecule has 0 saturated heterocycles. The van der Waals surface area contributed by atoms with E-state index in [0.29, 0.717) is 52.6 Å². The number of ketones is 1. The number of aromatic nitrogens is 1. The molecule has 6 unspecified atom stereocenters. The molecule has 5 heteroatoms. The topological polar surface area (TPSA) is 60.2 Å². The summed E-state index contributed by atoms with van der Waals surface area (Å²) in [7, 11) is 0. The summed E-state index contributed by atoms with van der Waals surface area (Å²) in [5.74, 6) is 5.17. The lowest BCUT2D eigenvalue weighted by molar-refractivity contribution is -0.128. The standard InChI is InChI=1S/C30H39NO3S/c1-4-18-16-30(3)22(21-10-9-19-15-20(32)13-14-29(19,2)27(18)21)11-12-23(30)28(33)35-17-26-31-24-7-5-6-8-25(24)34-26/h6,8,15,18,21-23,27H,4-5,7,9-14,16-17H2,1-3H3/t18-,21?,22?,23?,27?,29?,30?/m0/s1. The Balaban J connectivity index is 1.21. The van der Waals surface area contributed by atoms with E-state index in [1.807, 2.05) is 12.2 Å². The Kier molecular flexibility index (Phi) is 5.94. The maximum absolute atomic E-state index is 13.6. The van der Waals surface area contributed by atoms with Gasteiger partial charge in [-0.25, -0.2) is 4.98 Å². The minimum absolute atomic E-state index is 0.0898. The van der Waals surface area contributed by atoms with Crippen LogP contribution in [0.25, 0.3) is 6.08 Å². The fourth-order valence-corrected chi connectivity index (χ4v) is 10.2. The first-order valence-electron chi connectivity index (χ1n) is 13.9. The van der Waals surface area contributed by atoms with Gasteiger partial charge in [0, 0.05) is 12.3 Å². The van der Waals surface area contributed by atoms with Gasteiger partial charge < -0.3 is 4.42 Å². The van der Waals surface area contributed by atoms with Crippen LogP contribution in [0.15, 0.2) is 22.1 Å². The Hall–Kier alpha value is -1.62. The monoisotopic (exact) mass is 493 g/mol. The predicted molar refractivity (Wildman–Crippen MR) is 140 cm³/mol. The molecule has 0 N–H and O–H groups in total. The fourth-order valence-electron chi connectivity index (χ4n) is 9.18. The minimum atomic E-state index is 0.0898. The van der Waals surface area contributed by atoms with E-state index >= 15 is 0 Å². The average Bonchev–Trinajstić information content (AvgIpc) is 3.42. The zero-order chi connectivity index (χ0) is 24.4. The van der Waals surface area contributed by atoms with E-state index in [1.54, 1.807) is 0 Å². The number of thioether (sulfide) groups is 1. The van der Waals surface area contributed by atoms with Crippen molar-refractivity contribution in [2.45, 2.75) is 90.7 Å². The van der Waals surface area contributed by atoms with E-state index in [4.69, 9.17) is 4.42 Å². The van der Waals surface area contributed by atoms with E-state index in [9.17, 15) is 9.59 Å². The summed E-state index contributed by atoms with van der Waals surface area (Å²) in [6, 6.07) is 0. The maximum atomic E-state index is 13.6. The molecule has 7 atom stereocenters. The molecular weight excluding hydrogens is 454 g/mol. The molecule has 188 valence electrons. The number of hydrogen-bond acceptors (Lipinski definition) is 5. The van der Waals surface area contributed by atoms with Crippen molar-refractivity contribution < 1.29 is 14.0 Å². The number of nitrogens with zero attached hydrogens (tertiary/aromatic N) is 1. The normalized spacial score (nSPS) is 39.9. The van der Waals surface area contributed by atoms with Crippen molar-refractivity contribution in [2.24, 2.45) is 40.4 Å². The largest absolute Gasteiger partial charge is 0.440 e. The van der Waals surface area contributed by atoms with Crippen LogP contribution < -0.4 is 0 Å². The Morgan fingerprint density at radius 1 is 1.20 bits per heavy atom. The number of allylic oxidation sites excluding steroid dienone is 2. The Morgan fingerprint density at radius 2 is 2.06 bits per heavy atom. The van der Waals surface area contributed by atoms with E-state index in [-0.39, 0.29) is 16.7 Å². The SMILES string of the molecule is CC[C@H]1CC2(C)C(C(=O)SCc3nc4c(o3)C=CCC4)CCC2C2CCC3=CC(=O)CCC3(C)C21. The van der Waals surface area contributed by atoms with Crippen molar-refractivity contribution in [3.05, 3.63) is 35.1 Å². The summed E-state index contributed by atoms with van der Waals surface area (Å²) < 4.78 is 5.92. The highest BCUT2D eigenvalue weighted by Crippen LogP contribution is 2.69. The van der Waals surface area contributed by atoms with Gasteiger partial charge in [-0.3, -0.25) is 9.59 Å². The van der Waals surface area contributed by atoms with Crippen LogP contribution in [0, 0.1) is 40.4 Å². The smallest absolute Gasteiger partial charge is 0.205 e. The van der Waals surface area contributed by atoms with Crippen molar-refractivity contribution in [3.8, 4) is 0 Å². The third-order valence-corrected chi connectivity index (χ3v) is 11.7. The van der Waals surface area contributed by atoms with E-state index in [0.717, 1.165) is 50.0 Å². The van der Waals surface area contributed by atoms with Gasteiger partial charge in [0.25, 0.3) is 0 Å². The summed E-state index contributed by atoms with van der Waals surface area (Å²) >= 11 is 1.43. The summed E-state index contributed by atoms with van der Waals surface area (Å²) in [6.45, 7) is 7.26. The van der Waals surface area contributed by atoms with Crippen LogP contribution in [0.2, 0.25) is 0 Å². The molecular formula is C30H39NO3S. The molecule has 0 amide bonds. The lowest BCUT2D eigenvalue weighted by atomic mass is 9.43. The molecule has 4 nitrogen and oxygen atoms in total. The fraction of sp³-hybridized carbons (Fsp3) is 0.700. The van der Waals surface area contributed by atoms with E-state index < -0.39 is 0 Å². The number of fused-ring (bicyclic) bond motifs is 6. The lowest BCUT2D eigenvalue weighted by Gasteiger charge is -2.61. The van der Waals surface area contributed by atoms with Crippen molar-refractivity contribution in [3.63, 3.8) is 0 Å². The number of aryl methyl sites for hydroxylation is 1. The molecule has 5 aliphatic rings. The van der Waals surface area contributed by atoms with Gasteiger partial charge in [0.15, 0.2) is 10.9 Å². The molecule has 1 heterocycles. The van der Waals surface area contributed by atoms with Gasteiger partial charge >= 0.3 is 0 Å². The molecule has 3 fully saturated rings. The van der Waals surface area contributed by atoms with E-state index in [1.165, 1.54) is 36.6 Å². The first-order chi connectivity index (χ1) is 16.8. The van der Waals surface area contributed by atoms with Gasteiger partial charge in [-0.1, -0.05) is 50.6 Å². The van der Waals surface area contributed by atoms with Crippen molar-refractivity contribution in [1.29, 1.82) is 0 Å². The van der Waals surface area contributed by atoms with Gasteiger partial charge in [-0.15, -0.1) is 0 Å². The van der Waals surface area contributed by atoms with Crippen LogP contribution in [-0.2, 0) is 21.8 Å². The number of carbonyl (C=O) groups excluding carboxylic acids is 2. The van der Waals surface area contributed by atoms with Crippen molar-refractivity contribution >= 4 is 28.7 Å². The molecule has 0 aromatic carbocycles. The molecule has 6 rings (SSSR count). The van der Waals surface area contributed by atoms with Crippen LogP contribution >= 0.6 is 11.8 Å². The maximum Gasteiger partial charge on any atom is 0.205 e. The zero-order valence-electron chi connectivity index (χ0n) is 21.5. The molecule has 0 bridgehead atoms. The quantitative estimate of drug-likeness (QED) is 0.445. The highest BCUT2D eigenvalue weighted by molar-refractivity contribution is 8.13. The highest BCUT2D eigenvalue weighted by atomic mass is 32.2. The van der Waals surface area contributed by atoms with Gasteiger partial charge in [-0.05, 0) is 98.0 Å². The Morgan fingerprint density at radius 3 is 2.86 bits per heavy atom. The summed E-state index contributed by atoms with van der Waals surface area (Å²) in [5, 5.41) is 0.348. The molecule has 35 heavy (non-hydrogen) atoms. The first kappa shape index (κ1) is 23.8. The summed E-state index contributed by atoms with van der Waals surface area (Å²) in [4.78, 5) is 30.5. The molecule has 0 aliphatic heterocycles. The van der Waals surface area contributed by atoms with Gasteiger partial charge in [0.05, 0.1) is 11.4 Å². The molecule has 3 saturated carbocycles. The number of rotatable bonds is 4. The number of hydrogen-bond donors (Lipinski definition) is 0. The predicted octanol–water partition coefficient (Wildman–Crippen LogP) is 7.18. The van der Waals surface area contributed by atoms with Crippen LogP contribution in [-0.4, -0.2) is 15.9 Å². The second-order valence-corrected chi connectivity index (χ2v) is 13.3. The first-order valence-corrected chi connectivity index (χ1v) is 14.9. The zero-order valence-corrected chi connectivity index (χ0v) is 22.3. The molecule has 1 aromatic rings. The van der Waals surface area contributed by atoms with Crippen LogP contribution in [0.5, 0.6) is 0 Å². The second kappa shape index (κ2) is 8.75. The number of carbonyl (C=O) groups is 2. The van der Waals surface area contributed by atoms with Crippen LogP contribution in [0.1, 0.15) is 95.9 Å². The molecule has 0 radical (unpaired) electrons. The van der Waals surface area contributed by atoms with Crippen molar-refractivity contribution in [2.75, 3.05) is 0 Å². The molecule has 1 aromatic heterocycles. The lowest BCUT2D eigenvalue weighted by Crippen LogP contribution is -2.54. The Labute approximate surface area is 213 Å².